The molecule has 0 aliphatic heterocycles. The lowest BCUT2D eigenvalue weighted by molar-refractivity contribution is 0.628. The molecule has 0 aliphatic rings. The van der Waals surface area contributed by atoms with E-state index in [1.807, 2.05) is 13.0 Å². The van der Waals surface area contributed by atoms with Gasteiger partial charge in [-0.05, 0) is 36.1 Å². The maximum Gasteiger partial charge on any atom is 0.133 e. The van der Waals surface area contributed by atoms with Gasteiger partial charge in [0.1, 0.15) is 11.0 Å². The van der Waals surface area contributed by atoms with E-state index in [9.17, 15) is 4.39 Å². The van der Waals surface area contributed by atoms with Crippen LogP contribution in [0.3, 0.4) is 0 Å². The molecule has 2 aromatic rings. The van der Waals surface area contributed by atoms with Crippen LogP contribution in [0.5, 0.6) is 0 Å². The number of fused-ring (bicyclic) bond motifs is 1. The smallest absolute Gasteiger partial charge is 0.133 e. The molecule has 1 aromatic heterocycles. The molecule has 0 spiro atoms. The van der Waals surface area contributed by atoms with Crippen molar-refractivity contribution in [2.45, 2.75) is 26.7 Å². The molecule has 0 saturated heterocycles. The second-order valence-electron chi connectivity index (χ2n) is 4.31. The third-order valence-corrected chi connectivity index (χ3v) is 3.01. The van der Waals surface area contributed by atoms with E-state index >= 15 is 0 Å². The van der Waals surface area contributed by atoms with Crippen LogP contribution in [0.1, 0.15) is 30.9 Å². The van der Waals surface area contributed by atoms with Gasteiger partial charge in [0.15, 0.2) is 0 Å². The summed E-state index contributed by atoms with van der Waals surface area (Å²) in [5.74, 6) is 0.0414. The minimum absolute atomic E-state index is 0.272. The summed E-state index contributed by atoms with van der Waals surface area (Å²) in [6.07, 6.45) is 0. The maximum absolute atomic E-state index is 13.2. The van der Waals surface area contributed by atoms with Gasteiger partial charge in [0, 0.05) is 11.5 Å². The molecule has 84 valence electrons. The normalized spacial score (nSPS) is 11.4. The number of rotatable bonds is 1. The van der Waals surface area contributed by atoms with E-state index in [1.165, 1.54) is 12.1 Å². The summed E-state index contributed by atoms with van der Waals surface area (Å²) in [7, 11) is 0. The summed E-state index contributed by atoms with van der Waals surface area (Å²) in [6, 6.07) is 4.93. The van der Waals surface area contributed by atoms with Gasteiger partial charge in [0.05, 0.1) is 5.52 Å². The van der Waals surface area contributed by atoms with Gasteiger partial charge < -0.3 is 0 Å². The van der Waals surface area contributed by atoms with Crippen LogP contribution in [0.25, 0.3) is 10.9 Å². The van der Waals surface area contributed by atoms with Crippen LogP contribution in [0.4, 0.5) is 4.39 Å². The molecule has 0 fully saturated rings. The molecule has 1 nitrogen and oxygen atoms in total. The number of hydrogen-bond donors (Lipinski definition) is 0. The Labute approximate surface area is 99.3 Å². The summed E-state index contributed by atoms with van der Waals surface area (Å²) >= 11 is 6.07. The summed E-state index contributed by atoms with van der Waals surface area (Å²) < 4.78 is 13.2. The Kier molecular flexibility index (Phi) is 2.85. The number of pyridine rings is 1. The van der Waals surface area contributed by atoms with E-state index in [-0.39, 0.29) is 5.82 Å². The van der Waals surface area contributed by atoms with E-state index in [1.54, 1.807) is 0 Å². The fourth-order valence-corrected chi connectivity index (χ4v) is 2.17. The Hall–Kier alpha value is -1.15. The summed E-state index contributed by atoms with van der Waals surface area (Å²) in [6.45, 7) is 6.01. The van der Waals surface area contributed by atoms with E-state index in [0.29, 0.717) is 16.6 Å². The minimum atomic E-state index is -0.272. The standard InChI is InChI=1S/C13H13ClFN/c1-7(2)10-6-11-8(3)4-9(15)5-12(11)16-13(10)14/h4-7H,1-3H3. The first kappa shape index (κ1) is 11.3. The van der Waals surface area contributed by atoms with Gasteiger partial charge in [0.2, 0.25) is 0 Å². The molecule has 0 unspecified atom stereocenters. The monoisotopic (exact) mass is 237 g/mol. The third kappa shape index (κ3) is 1.90. The zero-order valence-corrected chi connectivity index (χ0v) is 10.3. The molecule has 2 rings (SSSR count). The Balaban J connectivity index is 2.79. The van der Waals surface area contributed by atoms with Crippen molar-refractivity contribution < 1.29 is 4.39 Å². The molecule has 1 aromatic carbocycles. The van der Waals surface area contributed by atoms with Crippen molar-refractivity contribution >= 4 is 22.5 Å². The van der Waals surface area contributed by atoms with Crippen molar-refractivity contribution in [2.24, 2.45) is 0 Å². The molecule has 1 heterocycles. The summed E-state index contributed by atoms with van der Waals surface area (Å²) in [5.41, 5.74) is 2.51. The molecular weight excluding hydrogens is 225 g/mol. The van der Waals surface area contributed by atoms with Gasteiger partial charge in [-0.15, -0.1) is 0 Å². The molecule has 0 N–H and O–H groups in total. The number of hydrogen-bond acceptors (Lipinski definition) is 1. The fraction of sp³-hybridized carbons (Fsp3) is 0.308. The van der Waals surface area contributed by atoms with Crippen LogP contribution >= 0.6 is 11.6 Å². The highest BCUT2D eigenvalue weighted by molar-refractivity contribution is 6.30. The van der Waals surface area contributed by atoms with Crippen LogP contribution in [0.15, 0.2) is 18.2 Å². The molecule has 16 heavy (non-hydrogen) atoms. The van der Waals surface area contributed by atoms with Crippen molar-refractivity contribution in [3.05, 3.63) is 40.3 Å². The molecule has 0 amide bonds. The van der Waals surface area contributed by atoms with Crippen LogP contribution in [0.2, 0.25) is 5.15 Å². The van der Waals surface area contributed by atoms with Gasteiger partial charge in [-0.2, -0.15) is 0 Å². The summed E-state index contributed by atoms with van der Waals surface area (Å²) in [5, 5.41) is 1.43. The Bertz CT molecular complexity index is 549. The second kappa shape index (κ2) is 4.02. The predicted octanol–water partition coefficient (Wildman–Crippen LogP) is 4.46. The average Bonchev–Trinajstić information content (AvgIpc) is 2.15. The molecule has 0 atom stereocenters. The quantitative estimate of drug-likeness (QED) is 0.668. The Morgan fingerprint density at radius 3 is 2.56 bits per heavy atom. The lowest BCUT2D eigenvalue weighted by atomic mass is 10.0. The van der Waals surface area contributed by atoms with E-state index < -0.39 is 0 Å². The first-order valence-electron chi connectivity index (χ1n) is 5.25. The summed E-state index contributed by atoms with van der Waals surface area (Å²) in [4.78, 5) is 4.24. The Morgan fingerprint density at radius 1 is 1.25 bits per heavy atom. The molecule has 0 bridgehead atoms. The molecule has 0 saturated carbocycles. The van der Waals surface area contributed by atoms with Crippen molar-refractivity contribution in [3.63, 3.8) is 0 Å². The minimum Gasteiger partial charge on any atom is -0.236 e. The lowest BCUT2D eigenvalue weighted by Gasteiger charge is -2.10. The highest BCUT2D eigenvalue weighted by Gasteiger charge is 2.10. The van der Waals surface area contributed by atoms with Gasteiger partial charge in [-0.1, -0.05) is 25.4 Å². The van der Waals surface area contributed by atoms with Crippen LogP contribution in [0, 0.1) is 12.7 Å². The van der Waals surface area contributed by atoms with Crippen molar-refractivity contribution in [1.82, 2.24) is 4.98 Å². The van der Waals surface area contributed by atoms with Crippen molar-refractivity contribution in [1.29, 1.82) is 0 Å². The topological polar surface area (TPSA) is 12.9 Å². The van der Waals surface area contributed by atoms with Gasteiger partial charge >= 0.3 is 0 Å². The van der Waals surface area contributed by atoms with Crippen molar-refractivity contribution in [2.75, 3.05) is 0 Å². The highest BCUT2D eigenvalue weighted by Crippen LogP contribution is 2.28. The van der Waals surface area contributed by atoms with E-state index in [0.717, 1.165) is 16.5 Å². The van der Waals surface area contributed by atoms with Crippen LogP contribution in [-0.4, -0.2) is 4.98 Å². The van der Waals surface area contributed by atoms with Gasteiger partial charge in [-0.3, -0.25) is 0 Å². The largest absolute Gasteiger partial charge is 0.236 e. The average molecular weight is 238 g/mol. The first-order chi connectivity index (χ1) is 7.49. The second-order valence-corrected chi connectivity index (χ2v) is 4.67. The zero-order chi connectivity index (χ0) is 11.9. The first-order valence-corrected chi connectivity index (χ1v) is 5.63. The number of halogens is 2. The number of nitrogens with zero attached hydrogens (tertiary/aromatic N) is 1. The number of aryl methyl sites for hydroxylation is 1. The number of aromatic nitrogens is 1. The van der Waals surface area contributed by atoms with Gasteiger partial charge in [-0.25, -0.2) is 9.37 Å². The SMILES string of the molecule is Cc1cc(F)cc2nc(Cl)c(C(C)C)cc12. The third-order valence-electron chi connectivity index (χ3n) is 2.71. The van der Waals surface area contributed by atoms with E-state index in [2.05, 4.69) is 18.8 Å². The zero-order valence-electron chi connectivity index (χ0n) is 9.51. The van der Waals surface area contributed by atoms with E-state index in [4.69, 9.17) is 11.6 Å². The van der Waals surface area contributed by atoms with Crippen molar-refractivity contribution in [3.8, 4) is 0 Å². The predicted molar refractivity (Wildman–Crippen MR) is 65.5 cm³/mol. The fourth-order valence-electron chi connectivity index (χ4n) is 1.81. The molecule has 0 radical (unpaired) electrons. The Morgan fingerprint density at radius 2 is 1.94 bits per heavy atom. The van der Waals surface area contributed by atoms with Gasteiger partial charge in [0.25, 0.3) is 0 Å². The highest BCUT2D eigenvalue weighted by atomic mass is 35.5. The van der Waals surface area contributed by atoms with Crippen LogP contribution in [-0.2, 0) is 0 Å². The lowest BCUT2D eigenvalue weighted by Crippen LogP contribution is -1.94. The molecular formula is C13H13ClFN. The molecule has 0 aliphatic carbocycles. The van der Waals surface area contributed by atoms with Crippen LogP contribution < -0.4 is 0 Å². The maximum atomic E-state index is 13.2. The molecule has 3 heteroatoms. The number of benzene rings is 1.